The third kappa shape index (κ3) is 4.13. The molecule has 23 heavy (non-hydrogen) atoms. The summed E-state index contributed by atoms with van der Waals surface area (Å²) in [4.78, 5) is 23.9. The number of rotatable bonds is 4. The van der Waals surface area contributed by atoms with Gasteiger partial charge in [0, 0.05) is 11.8 Å². The summed E-state index contributed by atoms with van der Waals surface area (Å²) in [5.74, 6) is -0.726. The maximum absolute atomic E-state index is 12.0. The van der Waals surface area contributed by atoms with Gasteiger partial charge in [0.15, 0.2) is 0 Å². The fraction of sp³-hybridized carbons (Fsp3) is 0.125. The van der Waals surface area contributed by atoms with Gasteiger partial charge >= 0.3 is 11.8 Å². The van der Waals surface area contributed by atoms with E-state index < -0.39 is 11.8 Å². The molecule has 120 valence electrons. The number of nitrogens with one attached hydrogen (secondary N) is 2. The highest BCUT2D eigenvalue weighted by Gasteiger charge is 2.16. The van der Waals surface area contributed by atoms with Crippen molar-refractivity contribution >= 4 is 23.2 Å². The van der Waals surface area contributed by atoms with E-state index in [-0.39, 0.29) is 5.75 Å². The van der Waals surface area contributed by atoms with E-state index in [9.17, 15) is 14.7 Å². The minimum atomic E-state index is -0.857. The van der Waals surface area contributed by atoms with E-state index >= 15 is 0 Å². The standard InChI is InChI=1S/C16H16N2O5/c1-22-12-7-8-14(23-2)13(9-12)18-16(21)15(20)17-10-3-5-11(19)6-4-10/h3-9,19H,1-2H3,(H,17,20)(H,18,21). The molecule has 2 aromatic carbocycles. The van der Waals surface area contributed by atoms with Gasteiger partial charge < -0.3 is 25.2 Å². The van der Waals surface area contributed by atoms with Crippen molar-refractivity contribution in [1.82, 2.24) is 0 Å². The topological polar surface area (TPSA) is 96.9 Å². The van der Waals surface area contributed by atoms with Gasteiger partial charge in [0.1, 0.15) is 17.2 Å². The Morgan fingerprint density at radius 2 is 1.57 bits per heavy atom. The number of phenols is 1. The van der Waals surface area contributed by atoms with Crippen molar-refractivity contribution in [2.75, 3.05) is 24.9 Å². The van der Waals surface area contributed by atoms with Gasteiger partial charge in [0.2, 0.25) is 0 Å². The van der Waals surface area contributed by atoms with Crippen molar-refractivity contribution in [2.45, 2.75) is 0 Å². The monoisotopic (exact) mass is 316 g/mol. The van der Waals surface area contributed by atoms with Crippen LogP contribution in [0.3, 0.4) is 0 Å². The van der Waals surface area contributed by atoms with Crippen LogP contribution in [0.5, 0.6) is 17.2 Å². The van der Waals surface area contributed by atoms with Crippen molar-refractivity contribution in [2.24, 2.45) is 0 Å². The second kappa shape index (κ2) is 7.17. The Kier molecular flexibility index (Phi) is 5.03. The van der Waals surface area contributed by atoms with Gasteiger partial charge in [0.25, 0.3) is 0 Å². The van der Waals surface area contributed by atoms with E-state index in [0.29, 0.717) is 22.9 Å². The number of hydrogen-bond acceptors (Lipinski definition) is 5. The summed E-state index contributed by atoms with van der Waals surface area (Å²) in [6, 6.07) is 10.6. The maximum Gasteiger partial charge on any atom is 0.314 e. The molecule has 0 aliphatic heterocycles. The molecule has 0 aliphatic carbocycles. The number of benzene rings is 2. The molecular formula is C16H16N2O5. The number of hydrogen-bond donors (Lipinski definition) is 3. The third-order valence-electron chi connectivity index (χ3n) is 2.99. The van der Waals surface area contributed by atoms with Crippen LogP contribution in [0.2, 0.25) is 0 Å². The van der Waals surface area contributed by atoms with Crippen LogP contribution >= 0.6 is 0 Å². The maximum atomic E-state index is 12.0. The van der Waals surface area contributed by atoms with Crippen LogP contribution in [0.1, 0.15) is 0 Å². The zero-order valence-electron chi connectivity index (χ0n) is 12.6. The number of amides is 2. The number of phenolic OH excluding ortho intramolecular Hbond substituents is 1. The number of anilines is 2. The summed E-state index contributed by atoms with van der Waals surface area (Å²) in [6.45, 7) is 0. The van der Waals surface area contributed by atoms with E-state index in [0.717, 1.165) is 0 Å². The van der Waals surface area contributed by atoms with Crippen LogP contribution in [-0.4, -0.2) is 31.1 Å². The summed E-state index contributed by atoms with van der Waals surface area (Å²) in [6.07, 6.45) is 0. The van der Waals surface area contributed by atoms with E-state index in [1.54, 1.807) is 18.2 Å². The Morgan fingerprint density at radius 1 is 0.913 bits per heavy atom. The van der Waals surface area contributed by atoms with Gasteiger partial charge in [-0.25, -0.2) is 0 Å². The Balaban J connectivity index is 2.08. The zero-order chi connectivity index (χ0) is 16.8. The van der Waals surface area contributed by atoms with Crippen LogP contribution in [0.4, 0.5) is 11.4 Å². The van der Waals surface area contributed by atoms with Crippen LogP contribution < -0.4 is 20.1 Å². The lowest BCUT2D eigenvalue weighted by atomic mass is 10.2. The number of ether oxygens (including phenoxy) is 2. The first-order valence-electron chi connectivity index (χ1n) is 6.67. The molecular weight excluding hydrogens is 300 g/mol. The minimum absolute atomic E-state index is 0.0635. The summed E-state index contributed by atoms with van der Waals surface area (Å²) < 4.78 is 10.2. The summed E-state index contributed by atoms with van der Waals surface area (Å²) >= 11 is 0. The highest BCUT2D eigenvalue weighted by molar-refractivity contribution is 6.43. The third-order valence-corrected chi connectivity index (χ3v) is 2.99. The molecule has 0 fully saturated rings. The fourth-order valence-electron chi connectivity index (χ4n) is 1.82. The number of carbonyl (C=O) groups is 2. The molecule has 0 aliphatic rings. The van der Waals surface area contributed by atoms with E-state index in [1.807, 2.05) is 0 Å². The Bertz CT molecular complexity index is 713. The van der Waals surface area contributed by atoms with Crippen LogP contribution in [-0.2, 0) is 9.59 Å². The number of aromatic hydroxyl groups is 1. The van der Waals surface area contributed by atoms with Crippen LogP contribution in [0.15, 0.2) is 42.5 Å². The molecule has 0 bridgehead atoms. The first kappa shape index (κ1) is 16.2. The van der Waals surface area contributed by atoms with Crippen LogP contribution in [0.25, 0.3) is 0 Å². The predicted molar refractivity (Wildman–Crippen MR) is 84.9 cm³/mol. The highest BCUT2D eigenvalue weighted by Crippen LogP contribution is 2.28. The van der Waals surface area contributed by atoms with Gasteiger partial charge in [-0.05, 0) is 36.4 Å². The molecule has 0 atom stereocenters. The average Bonchev–Trinajstić information content (AvgIpc) is 2.56. The molecule has 0 aromatic heterocycles. The molecule has 0 spiro atoms. The van der Waals surface area contributed by atoms with Crippen molar-refractivity contribution < 1.29 is 24.2 Å². The van der Waals surface area contributed by atoms with Gasteiger partial charge in [0.05, 0.1) is 19.9 Å². The highest BCUT2D eigenvalue weighted by atomic mass is 16.5. The van der Waals surface area contributed by atoms with Crippen molar-refractivity contribution in [3.05, 3.63) is 42.5 Å². The first-order chi connectivity index (χ1) is 11.0. The Hall–Kier alpha value is -3.22. The van der Waals surface area contributed by atoms with Crippen molar-refractivity contribution in [3.63, 3.8) is 0 Å². The molecule has 0 heterocycles. The van der Waals surface area contributed by atoms with Gasteiger partial charge in [-0.15, -0.1) is 0 Å². The summed E-state index contributed by atoms with van der Waals surface area (Å²) in [7, 11) is 2.94. The molecule has 0 unspecified atom stereocenters. The van der Waals surface area contributed by atoms with Gasteiger partial charge in [-0.1, -0.05) is 0 Å². The largest absolute Gasteiger partial charge is 0.508 e. The molecule has 2 amide bonds. The lowest BCUT2D eigenvalue weighted by molar-refractivity contribution is -0.133. The first-order valence-corrected chi connectivity index (χ1v) is 6.67. The van der Waals surface area contributed by atoms with E-state index in [4.69, 9.17) is 9.47 Å². The normalized spacial score (nSPS) is 9.83. The Labute approximate surface area is 132 Å². The number of carbonyl (C=O) groups excluding carboxylic acids is 2. The lowest BCUT2D eigenvalue weighted by Crippen LogP contribution is -2.29. The fourth-order valence-corrected chi connectivity index (χ4v) is 1.82. The van der Waals surface area contributed by atoms with Crippen molar-refractivity contribution in [1.29, 1.82) is 0 Å². The predicted octanol–water partition coefficient (Wildman–Crippen LogP) is 1.99. The number of methoxy groups -OCH3 is 2. The minimum Gasteiger partial charge on any atom is -0.508 e. The Morgan fingerprint density at radius 3 is 2.17 bits per heavy atom. The van der Waals surface area contributed by atoms with Crippen molar-refractivity contribution in [3.8, 4) is 17.2 Å². The molecule has 0 saturated carbocycles. The quantitative estimate of drug-likeness (QED) is 0.592. The molecule has 2 rings (SSSR count). The van der Waals surface area contributed by atoms with E-state index in [2.05, 4.69) is 10.6 Å². The molecule has 0 radical (unpaired) electrons. The second-order valence-corrected chi connectivity index (χ2v) is 4.52. The smallest absolute Gasteiger partial charge is 0.314 e. The molecule has 7 heteroatoms. The van der Waals surface area contributed by atoms with Gasteiger partial charge in [-0.2, -0.15) is 0 Å². The van der Waals surface area contributed by atoms with E-state index in [1.165, 1.54) is 38.5 Å². The molecule has 3 N–H and O–H groups in total. The zero-order valence-corrected chi connectivity index (χ0v) is 12.6. The summed E-state index contributed by atoms with van der Waals surface area (Å²) in [5, 5.41) is 14.1. The summed E-state index contributed by atoms with van der Waals surface area (Å²) in [5.41, 5.74) is 0.707. The molecule has 7 nitrogen and oxygen atoms in total. The van der Waals surface area contributed by atoms with Gasteiger partial charge in [-0.3, -0.25) is 9.59 Å². The van der Waals surface area contributed by atoms with Crippen LogP contribution in [0, 0.1) is 0 Å². The molecule has 2 aromatic rings. The lowest BCUT2D eigenvalue weighted by Gasteiger charge is -2.11. The SMILES string of the molecule is COc1ccc(OC)c(NC(=O)C(=O)Nc2ccc(O)cc2)c1. The average molecular weight is 316 g/mol. The second-order valence-electron chi connectivity index (χ2n) is 4.52. The molecule has 0 saturated heterocycles.